The molecule has 0 aliphatic carbocycles. The highest BCUT2D eigenvalue weighted by atomic mass is 31.2. The molecule has 0 aliphatic heterocycles. The predicted molar refractivity (Wildman–Crippen MR) is 293 cm³/mol. The molecule has 2 unspecified atom stereocenters. The highest BCUT2D eigenvalue weighted by Gasteiger charge is 2.26. The van der Waals surface area contributed by atoms with Crippen molar-refractivity contribution < 1.29 is 37.6 Å². The van der Waals surface area contributed by atoms with Crippen LogP contribution in [0.3, 0.4) is 0 Å². The largest absolute Gasteiger partial charge is 0.472 e. The lowest BCUT2D eigenvalue weighted by Crippen LogP contribution is -2.29. The summed E-state index contributed by atoms with van der Waals surface area (Å²) in [4.78, 5) is 35.1. The molecule has 0 aromatic rings. The van der Waals surface area contributed by atoms with Gasteiger partial charge in [-0.15, -0.1) is 0 Å². The van der Waals surface area contributed by atoms with E-state index in [2.05, 4.69) is 111 Å². The van der Waals surface area contributed by atoms with Crippen molar-refractivity contribution in [3.05, 3.63) is 97.2 Å². The molecule has 0 amide bonds. The summed E-state index contributed by atoms with van der Waals surface area (Å²) in [6, 6.07) is 0. The topological polar surface area (TPSA) is 134 Å². The van der Waals surface area contributed by atoms with E-state index < -0.39 is 32.5 Å². The molecule has 0 radical (unpaired) electrons. The Hall–Kier alpha value is -3.07. The molecule has 0 saturated carbocycles. The number of phosphoric ester groups is 1. The standard InChI is InChI=1S/C59H102NO8P/c1-3-5-7-9-11-13-15-17-19-20-21-22-23-24-25-26-27-28-29-30-31-32-33-34-35-36-38-40-42-44-46-48-50-52-59(62)68-57(56-67-69(63,64)66-54-53-60)55-65-58(61)51-49-47-45-43-41-39-37-18-16-14-12-10-8-6-4-2/h5-8,11-14,17-19,21-22,24-25,37,57H,3-4,9-10,15-16,20,23,26-36,38-56,60H2,1-2H3,(H,63,64)/b7-5-,8-6-,13-11-,14-12-,19-17-,22-21-,25-24-,37-18-. The fraction of sp³-hybridized carbons (Fsp3) is 0.695. The van der Waals surface area contributed by atoms with Gasteiger partial charge >= 0.3 is 19.8 Å². The van der Waals surface area contributed by atoms with Crippen LogP contribution in [0, 0.1) is 0 Å². The first-order chi connectivity index (χ1) is 33.8. The van der Waals surface area contributed by atoms with Gasteiger partial charge in [0.15, 0.2) is 6.10 Å². The van der Waals surface area contributed by atoms with Gasteiger partial charge in [0.25, 0.3) is 0 Å². The van der Waals surface area contributed by atoms with E-state index in [0.717, 1.165) is 103 Å². The number of phosphoric acid groups is 1. The maximum absolute atomic E-state index is 12.7. The van der Waals surface area contributed by atoms with E-state index in [9.17, 15) is 19.0 Å². The zero-order chi connectivity index (χ0) is 50.2. The normalized spacial score (nSPS) is 13.9. The van der Waals surface area contributed by atoms with Gasteiger partial charge in [0.2, 0.25) is 0 Å². The van der Waals surface area contributed by atoms with Crippen LogP contribution in [-0.4, -0.2) is 49.3 Å². The molecule has 9 nitrogen and oxygen atoms in total. The van der Waals surface area contributed by atoms with Gasteiger partial charge in [0.05, 0.1) is 13.2 Å². The second kappa shape index (κ2) is 54.3. The lowest BCUT2D eigenvalue weighted by atomic mass is 10.0. The van der Waals surface area contributed by atoms with Gasteiger partial charge in [-0.25, -0.2) is 4.57 Å². The van der Waals surface area contributed by atoms with Crippen LogP contribution in [0.1, 0.15) is 232 Å². The molecular formula is C59H102NO8P. The van der Waals surface area contributed by atoms with Gasteiger partial charge in [0.1, 0.15) is 6.61 Å². The Bertz CT molecular complexity index is 1450. The van der Waals surface area contributed by atoms with Crippen LogP contribution in [0.4, 0.5) is 0 Å². The highest BCUT2D eigenvalue weighted by Crippen LogP contribution is 2.43. The molecule has 0 rings (SSSR count). The number of allylic oxidation sites excluding steroid dienone is 16. The van der Waals surface area contributed by atoms with Crippen LogP contribution in [0.2, 0.25) is 0 Å². The lowest BCUT2D eigenvalue weighted by Gasteiger charge is -2.19. The van der Waals surface area contributed by atoms with E-state index in [1.165, 1.54) is 89.9 Å². The zero-order valence-electron chi connectivity index (χ0n) is 44.0. The molecule has 69 heavy (non-hydrogen) atoms. The molecular weight excluding hydrogens is 882 g/mol. The van der Waals surface area contributed by atoms with Gasteiger partial charge in [0, 0.05) is 19.4 Å². The number of hydrogen-bond acceptors (Lipinski definition) is 8. The van der Waals surface area contributed by atoms with Crippen molar-refractivity contribution >= 4 is 19.8 Å². The maximum Gasteiger partial charge on any atom is 0.472 e. The van der Waals surface area contributed by atoms with Gasteiger partial charge in [-0.3, -0.25) is 18.6 Å². The first-order valence-corrected chi connectivity index (χ1v) is 29.2. The van der Waals surface area contributed by atoms with Crippen molar-refractivity contribution in [1.82, 2.24) is 0 Å². The van der Waals surface area contributed by atoms with Gasteiger partial charge in [-0.1, -0.05) is 227 Å². The fourth-order valence-electron chi connectivity index (χ4n) is 7.44. The van der Waals surface area contributed by atoms with E-state index in [1.807, 2.05) is 0 Å². The number of nitrogens with two attached hydrogens (primary N) is 1. The number of esters is 2. The minimum Gasteiger partial charge on any atom is -0.462 e. The summed E-state index contributed by atoms with van der Waals surface area (Å²) in [5, 5.41) is 0. The number of carbonyl (C=O) groups is 2. The molecule has 0 aromatic heterocycles. The van der Waals surface area contributed by atoms with Crippen LogP contribution in [0.25, 0.3) is 0 Å². The Morgan fingerprint density at radius 3 is 1.12 bits per heavy atom. The van der Waals surface area contributed by atoms with Crippen molar-refractivity contribution in [1.29, 1.82) is 0 Å². The van der Waals surface area contributed by atoms with Crippen LogP contribution in [0.5, 0.6) is 0 Å². The van der Waals surface area contributed by atoms with Crippen LogP contribution < -0.4 is 5.73 Å². The maximum atomic E-state index is 12.7. The number of unbranched alkanes of at least 4 members (excludes halogenated alkanes) is 22. The zero-order valence-corrected chi connectivity index (χ0v) is 44.9. The van der Waals surface area contributed by atoms with E-state index in [-0.39, 0.29) is 32.6 Å². The van der Waals surface area contributed by atoms with Crippen molar-refractivity contribution in [3.63, 3.8) is 0 Å². The average molecular weight is 984 g/mol. The quantitative estimate of drug-likeness (QED) is 0.0264. The third-order valence-corrected chi connectivity index (χ3v) is 12.4. The minimum atomic E-state index is -4.39. The monoisotopic (exact) mass is 984 g/mol. The van der Waals surface area contributed by atoms with Crippen molar-refractivity contribution in [2.24, 2.45) is 5.73 Å². The Morgan fingerprint density at radius 1 is 0.435 bits per heavy atom. The van der Waals surface area contributed by atoms with E-state index in [0.29, 0.717) is 12.8 Å². The number of hydrogen-bond donors (Lipinski definition) is 2. The Labute approximate surface area is 423 Å². The van der Waals surface area contributed by atoms with Gasteiger partial charge < -0.3 is 20.1 Å². The molecule has 0 saturated heterocycles. The highest BCUT2D eigenvalue weighted by molar-refractivity contribution is 7.47. The SMILES string of the molecule is CC/C=C\C/C=C\C/C=C\C/C=C\C/C=C\CCCCCCCCCCCCCCCCCCCC(=O)OC(COC(=O)CCCCCCC/C=C\C/C=C\C/C=C\CC)COP(=O)(O)OCCN. The van der Waals surface area contributed by atoms with E-state index in [4.69, 9.17) is 24.3 Å². The van der Waals surface area contributed by atoms with E-state index >= 15 is 0 Å². The Morgan fingerprint density at radius 2 is 0.754 bits per heavy atom. The molecule has 3 N–H and O–H groups in total. The summed E-state index contributed by atoms with van der Waals surface area (Å²) < 4.78 is 32.9. The fourth-order valence-corrected chi connectivity index (χ4v) is 8.21. The van der Waals surface area contributed by atoms with Gasteiger partial charge in [-0.05, 0) is 89.9 Å². The average Bonchev–Trinajstić information content (AvgIpc) is 3.34. The molecule has 396 valence electrons. The van der Waals surface area contributed by atoms with Crippen molar-refractivity contribution in [2.75, 3.05) is 26.4 Å². The summed E-state index contributed by atoms with van der Waals surface area (Å²) >= 11 is 0. The molecule has 0 aromatic carbocycles. The van der Waals surface area contributed by atoms with Crippen LogP contribution >= 0.6 is 7.82 Å². The minimum absolute atomic E-state index is 0.0476. The summed E-state index contributed by atoms with van der Waals surface area (Å²) in [6.45, 7) is 3.50. The summed E-state index contributed by atoms with van der Waals surface area (Å²) in [5.41, 5.74) is 5.37. The molecule has 0 fully saturated rings. The first kappa shape index (κ1) is 65.9. The molecule has 10 heteroatoms. The number of carbonyl (C=O) groups excluding carboxylic acids is 2. The third-order valence-electron chi connectivity index (χ3n) is 11.5. The molecule has 0 spiro atoms. The molecule has 0 aliphatic rings. The van der Waals surface area contributed by atoms with Crippen LogP contribution in [0.15, 0.2) is 97.2 Å². The lowest BCUT2D eigenvalue weighted by molar-refractivity contribution is -0.161. The molecule has 0 heterocycles. The summed E-state index contributed by atoms with van der Waals surface area (Å²) in [5.74, 6) is -0.848. The van der Waals surface area contributed by atoms with Crippen LogP contribution in [-0.2, 0) is 32.7 Å². The van der Waals surface area contributed by atoms with E-state index in [1.54, 1.807) is 0 Å². The summed E-state index contributed by atoms with van der Waals surface area (Å²) in [7, 11) is -4.39. The van der Waals surface area contributed by atoms with Crippen molar-refractivity contribution in [3.8, 4) is 0 Å². The number of rotatable bonds is 51. The first-order valence-electron chi connectivity index (χ1n) is 27.7. The smallest absolute Gasteiger partial charge is 0.462 e. The van der Waals surface area contributed by atoms with Gasteiger partial charge in [-0.2, -0.15) is 0 Å². The second-order valence-electron chi connectivity index (χ2n) is 18.0. The summed E-state index contributed by atoms with van der Waals surface area (Å²) in [6.07, 6.45) is 71.8. The Kier molecular flexibility index (Phi) is 51.9. The third kappa shape index (κ3) is 54.1. The van der Waals surface area contributed by atoms with Crippen molar-refractivity contribution in [2.45, 2.75) is 238 Å². The Balaban J connectivity index is 3.92. The molecule has 2 atom stereocenters. The predicted octanol–water partition coefficient (Wildman–Crippen LogP) is 17.3. The second-order valence-corrected chi connectivity index (χ2v) is 19.5. The number of ether oxygens (including phenoxy) is 2. The molecule has 0 bridgehead atoms.